The summed E-state index contributed by atoms with van der Waals surface area (Å²) in [5.74, 6) is -2.38. The highest BCUT2D eigenvalue weighted by molar-refractivity contribution is 5.82. The van der Waals surface area contributed by atoms with E-state index >= 15 is 0 Å². The highest BCUT2D eigenvalue weighted by Gasteiger charge is 2.22. The zero-order valence-electron chi connectivity index (χ0n) is 11.5. The summed E-state index contributed by atoms with van der Waals surface area (Å²) in [6.45, 7) is 0.220. The molecule has 1 aromatic heterocycles. The summed E-state index contributed by atoms with van der Waals surface area (Å²) >= 11 is 0. The Kier molecular flexibility index (Phi) is 6.12. The molecule has 1 rings (SSSR count). The Morgan fingerprint density at radius 3 is 2.57 bits per heavy atom. The van der Waals surface area contributed by atoms with Crippen LogP contribution in [0, 0.1) is 0 Å². The smallest absolute Gasteiger partial charge is 0.326 e. The van der Waals surface area contributed by atoms with Crippen LogP contribution in [0.4, 0.5) is 4.79 Å². The molecule has 0 saturated heterocycles. The van der Waals surface area contributed by atoms with Gasteiger partial charge in [0.15, 0.2) is 0 Å². The maximum atomic E-state index is 11.9. The van der Waals surface area contributed by atoms with Gasteiger partial charge in [-0.1, -0.05) is 6.07 Å². The molecule has 21 heavy (non-hydrogen) atoms. The number of carbonyl (C=O) groups excluding carboxylic acids is 1. The van der Waals surface area contributed by atoms with E-state index in [4.69, 9.17) is 10.2 Å². The third-order valence-electron chi connectivity index (χ3n) is 2.71. The van der Waals surface area contributed by atoms with Gasteiger partial charge in [-0.2, -0.15) is 0 Å². The Bertz CT molecular complexity index is 506. The number of carboxylic acids is 2. The van der Waals surface area contributed by atoms with Crippen LogP contribution in [0.5, 0.6) is 0 Å². The summed E-state index contributed by atoms with van der Waals surface area (Å²) < 4.78 is 0. The largest absolute Gasteiger partial charge is 0.481 e. The maximum Gasteiger partial charge on any atom is 0.326 e. The molecule has 0 bridgehead atoms. The number of hydrogen-bond acceptors (Lipinski definition) is 4. The summed E-state index contributed by atoms with van der Waals surface area (Å²) in [6.07, 6.45) is 1.09. The molecule has 0 aliphatic rings. The fraction of sp³-hybridized carbons (Fsp3) is 0.385. The van der Waals surface area contributed by atoms with Crippen LogP contribution in [0.1, 0.15) is 18.5 Å². The molecule has 0 radical (unpaired) electrons. The number of aliphatic carboxylic acids is 2. The number of amides is 2. The number of rotatable bonds is 7. The van der Waals surface area contributed by atoms with Crippen molar-refractivity contribution in [2.45, 2.75) is 25.4 Å². The van der Waals surface area contributed by atoms with E-state index in [1.807, 2.05) is 0 Å². The number of carboxylic acid groups (broad SMARTS) is 2. The number of urea groups is 1. The lowest BCUT2D eigenvalue weighted by Crippen LogP contribution is -2.46. The molecule has 1 heterocycles. The number of nitrogens with one attached hydrogen (secondary N) is 1. The van der Waals surface area contributed by atoms with Crippen LogP contribution in [-0.4, -0.2) is 51.2 Å². The Hall–Kier alpha value is -2.64. The van der Waals surface area contributed by atoms with Gasteiger partial charge in [0.05, 0.1) is 12.2 Å². The quantitative estimate of drug-likeness (QED) is 0.675. The van der Waals surface area contributed by atoms with Crippen molar-refractivity contribution in [2.24, 2.45) is 0 Å². The van der Waals surface area contributed by atoms with Crippen LogP contribution >= 0.6 is 0 Å². The van der Waals surface area contributed by atoms with Gasteiger partial charge in [0.2, 0.25) is 0 Å². The van der Waals surface area contributed by atoms with Crippen molar-refractivity contribution in [1.82, 2.24) is 15.2 Å². The first kappa shape index (κ1) is 16.4. The molecule has 8 nitrogen and oxygen atoms in total. The van der Waals surface area contributed by atoms with Crippen molar-refractivity contribution in [2.75, 3.05) is 7.05 Å². The summed E-state index contributed by atoms with van der Waals surface area (Å²) in [5.41, 5.74) is 0.660. The van der Waals surface area contributed by atoms with E-state index in [0.29, 0.717) is 5.69 Å². The topological polar surface area (TPSA) is 120 Å². The molecule has 0 aliphatic carbocycles. The minimum absolute atomic E-state index is 0.173. The average molecular weight is 295 g/mol. The van der Waals surface area contributed by atoms with Crippen LogP contribution < -0.4 is 5.32 Å². The van der Waals surface area contributed by atoms with E-state index in [2.05, 4.69) is 10.3 Å². The third kappa shape index (κ3) is 5.89. The minimum atomic E-state index is -1.27. The molecule has 0 spiro atoms. The van der Waals surface area contributed by atoms with Crippen LogP contribution in [0.25, 0.3) is 0 Å². The second-order valence-corrected chi connectivity index (χ2v) is 4.45. The number of nitrogens with zero attached hydrogens (tertiary/aromatic N) is 2. The lowest BCUT2D eigenvalue weighted by molar-refractivity contribution is -0.140. The van der Waals surface area contributed by atoms with Gasteiger partial charge in [0.25, 0.3) is 0 Å². The Balaban J connectivity index is 2.56. The standard InChI is InChI=1S/C13H17N3O5/c1-16(8-9-4-2-3-7-14-9)13(21)15-10(12(19)20)5-6-11(17)18/h2-4,7,10H,5-6,8H2,1H3,(H,15,21)(H,17,18)(H,19,20)/t10-/m0/s1. The fourth-order valence-electron chi connectivity index (χ4n) is 1.59. The van der Waals surface area contributed by atoms with E-state index < -0.39 is 24.0 Å². The lowest BCUT2D eigenvalue weighted by Gasteiger charge is -2.20. The Morgan fingerprint density at radius 1 is 1.33 bits per heavy atom. The number of pyridine rings is 1. The summed E-state index contributed by atoms with van der Waals surface area (Å²) in [6, 6.07) is 3.43. The van der Waals surface area contributed by atoms with Crippen LogP contribution in [-0.2, 0) is 16.1 Å². The summed E-state index contributed by atoms with van der Waals surface area (Å²) in [4.78, 5) is 38.7. The van der Waals surface area contributed by atoms with Gasteiger partial charge in [0, 0.05) is 19.7 Å². The normalized spacial score (nSPS) is 11.5. The van der Waals surface area contributed by atoms with E-state index in [-0.39, 0.29) is 19.4 Å². The Labute approximate surface area is 121 Å². The Morgan fingerprint density at radius 2 is 2.05 bits per heavy atom. The molecule has 0 unspecified atom stereocenters. The number of aromatic nitrogens is 1. The number of hydrogen-bond donors (Lipinski definition) is 3. The molecule has 8 heteroatoms. The zero-order chi connectivity index (χ0) is 15.8. The second kappa shape index (κ2) is 7.83. The van der Waals surface area contributed by atoms with Crippen molar-refractivity contribution < 1.29 is 24.6 Å². The molecule has 2 amide bonds. The van der Waals surface area contributed by atoms with Crippen LogP contribution in [0.3, 0.4) is 0 Å². The van der Waals surface area contributed by atoms with E-state index in [1.165, 1.54) is 11.9 Å². The van der Waals surface area contributed by atoms with Gasteiger partial charge in [0.1, 0.15) is 6.04 Å². The van der Waals surface area contributed by atoms with Crippen molar-refractivity contribution in [3.8, 4) is 0 Å². The average Bonchev–Trinajstić information content (AvgIpc) is 2.43. The van der Waals surface area contributed by atoms with Crippen molar-refractivity contribution in [1.29, 1.82) is 0 Å². The maximum absolute atomic E-state index is 11.9. The highest BCUT2D eigenvalue weighted by atomic mass is 16.4. The monoisotopic (exact) mass is 295 g/mol. The van der Waals surface area contributed by atoms with E-state index in [9.17, 15) is 14.4 Å². The molecule has 1 aromatic rings. The molecular weight excluding hydrogens is 278 g/mol. The van der Waals surface area contributed by atoms with Crippen LogP contribution in [0.15, 0.2) is 24.4 Å². The van der Waals surface area contributed by atoms with Crippen LogP contribution in [0.2, 0.25) is 0 Å². The first-order valence-corrected chi connectivity index (χ1v) is 6.26. The summed E-state index contributed by atoms with van der Waals surface area (Å²) in [7, 11) is 1.50. The number of carbonyl (C=O) groups is 3. The first-order chi connectivity index (χ1) is 9.90. The minimum Gasteiger partial charge on any atom is -0.481 e. The van der Waals surface area contributed by atoms with Gasteiger partial charge in [-0.3, -0.25) is 9.78 Å². The molecular formula is C13H17N3O5. The van der Waals surface area contributed by atoms with E-state index in [0.717, 1.165) is 0 Å². The predicted octanol–water partition coefficient (Wildman–Crippen LogP) is 0.541. The molecule has 0 fully saturated rings. The lowest BCUT2D eigenvalue weighted by atomic mass is 10.1. The first-order valence-electron chi connectivity index (χ1n) is 6.26. The SMILES string of the molecule is CN(Cc1ccccn1)C(=O)N[C@@H](CCC(=O)O)C(=O)O. The predicted molar refractivity (Wildman–Crippen MR) is 72.5 cm³/mol. The molecule has 1 atom stereocenters. The van der Waals surface area contributed by atoms with Crippen molar-refractivity contribution >= 4 is 18.0 Å². The molecule has 0 aromatic carbocycles. The third-order valence-corrected chi connectivity index (χ3v) is 2.71. The van der Waals surface area contributed by atoms with Gasteiger partial charge >= 0.3 is 18.0 Å². The van der Waals surface area contributed by atoms with Crippen molar-refractivity contribution in [3.63, 3.8) is 0 Å². The zero-order valence-corrected chi connectivity index (χ0v) is 11.5. The second-order valence-electron chi connectivity index (χ2n) is 4.45. The van der Waals surface area contributed by atoms with Gasteiger partial charge in [-0.15, -0.1) is 0 Å². The van der Waals surface area contributed by atoms with E-state index in [1.54, 1.807) is 24.4 Å². The summed E-state index contributed by atoms with van der Waals surface area (Å²) in [5, 5.41) is 19.8. The van der Waals surface area contributed by atoms with Crippen molar-refractivity contribution in [3.05, 3.63) is 30.1 Å². The van der Waals surface area contributed by atoms with Gasteiger partial charge in [-0.05, 0) is 18.6 Å². The fourth-order valence-corrected chi connectivity index (χ4v) is 1.59. The molecule has 0 saturated carbocycles. The molecule has 0 aliphatic heterocycles. The highest BCUT2D eigenvalue weighted by Crippen LogP contribution is 2.02. The molecule has 3 N–H and O–H groups in total. The van der Waals surface area contributed by atoms with Gasteiger partial charge < -0.3 is 20.4 Å². The molecule has 114 valence electrons. The van der Waals surface area contributed by atoms with Gasteiger partial charge in [-0.25, -0.2) is 9.59 Å².